The summed E-state index contributed by atoms with van der Waals surface area (Å²) in [6, 6.07) is 11.8. The Bertz CT molecular complexity index is 537. The van der Waals surface area contributed by atoms with Crippen molar-refractivity contribution in [2.45, 2.75) is 13.0 Å². The smallest absolute Gasteiger partial charge is 0.120 e. The lowest BCUT2D eigenvalue weighted by Crippen LogP contribution is -2.11. The fourth-order valence-electron chi connectivity index (χ4n) is 1.83. The lowest BCUT2D eigenvalue weighted by Gasteiger charge is -2.20. The van der Waals surface area contributed by atoms with Crippen LogP contribution in [-0.4, -0.2) is 19.1 Å². The maximum absolute atomic E-state index is 5.80. The molecule has 0 spiro atoms. The molecular formula is C15H19N3O. The summed E-state index contributed by atoms with van der Waals surface area (Å²) >= 11 is 0. The van der Waals surface area contributed by atoms with E-state index >= 15 is 0 Å². The molecule has 0 radical (unpaired) electrons. The zero-order chi connectivity index (χ0) is 13.8. The molecule has 0 saturated carbocycles. The Hall–Kier alpha value is -2.07. The zero-order valence-electron chi connectivity index (χ0n) is 11.5. The Morgan fingerprint density at radius 3 is 2.58 bits per heavy atom. The Balaban J connectivity index is 2.25. The third kappa shape index (κ3) is 3.03. The second-order valence-electron chi connectivity index (χ2n) is 4.49. The van der Waals surface area contributed by atoms with E-state index in [4.69, 9.17) is 10.5 Å². The minimum atomic E-state index is -0.0452. The van der Waals surface area contributed by atoms with E-state index in [0.717, 1.165) is 22.8 Å². The van der Waals surface area contributed by atoms with Gasteiger partial charge in [-0.05, 0) is 31.2 Å². The molecule has 1 atom stereocenters. The maximum atomic E-state index is 5.80. The number of benzene rings is 1. The summed E-state index contributed by atoms with van der Waals surface area (Å²) in [6.45, 7) is 1.92. The first-order valence-electron chi connectivity index (χ1n) is 6.21. The van der Waals surface area contributed by atoms with Crippen LogP contribution in [0.3, 0.4) is 0 Å². The summed E-state index contributed by atoms with van der Waals surface area (Å²) in [5, 5.41) is 0. The molecule has 2 aromatic rings. The molecule has 0 aliphatic carbocycles. The van der Waals surface area contributed by atoms with Gasteiger partial charge in [0.2, 0.25) is 0 Å². The van der Waals surface area contributed by atoms with Crippen LogP contribution in [0.4, 0.5) is 11.4 Å². The Kier molecular flexibility index (Phi) is 4.02. The highest BCUT2D eigenvalue weighted by Crippen LogP contribution is 2.26. The molecule has 0 aliphatic heterocycles. The van der Waals surface area contributed by atoms with Crippen molar-refractivity contribution >= 4 is 11.4 Å². The summed E-state index contributed by atoms with van der Waals surface area (Å²) in [5.74, 6) is 0.838. The van der Waals surface area contributed by atoms with Gasteiger partial charge in [-0.15, -0.1) is 0 Å². The molecule has 0 aliphatic rings. The van der Waals surface area contributed by atoms with Crippen LogP contribution >= 0.6 is 0 Å². The van der Waals surface area contributed by atoms with E-state index in [0.29, 0.717) is 0 Å². The monoisotopic (exact) mass is 257 g/mol. The van der Waals surface area contributed by atoms with Crippen molar-refractivity contribution in [1.82, 2.24) is 4.98 Å². The fraction of sp³-hybridized carbons (Fsp3) is 0.267. The van der Waals surface area contributed by atoms with Gasteiger partial charge in [0.05, 0.1) is 24.7 Å². The first kappa shape index (κ1) is 13.4. The first-order valence-corrected chi connectivity index (χ1v) is 6.21. The van der Waals surface area contributed by atoms with Gasteiger partial charge in [0.15, 0.2) is 0 Å². The number of pyridine rings is 1. The van der Waals surface area contributed by atoms with Crippen molar-refractivity contribution in [2.75, 3.05) is 19.1 Å². The first-order chi connectivity index (χ1) is 9.11. The third-order valence-electron chi connectivity index (χ3n) is 3.07. The van der Waals surface area contributed by atoms with Gasteiger partial charge in [-0.2, -0.15) is 0 Å². The molecule has 0 saturated heterocycles. The zero-order valence-corrected chi connectivity index (χ0v) is 11.5. The summed E-state index contributed by atoms with van der Waals surface area (Å²) in [7, 11) is 3.66. The van der Waals surface area contributed by atoms with Gasteiger partial charge in [-0.1, -0.05) is 6.07 Å². The van der Waals surface area contributed by atoms with Crippen molar-refractivity contribution in [3.8, 4) is 5.75 Å². The van der Waals surface area contributed by atoms with E-state index in [9.17, 15) is 0 Å². The standard InChI is InChI=1S/C15H19N3O/c1-11(16)15-8-7-13(10-17-15)18(2)12-5-4-6-14(9-12)19-3/h4-11H,16H2,1-3H3/t11-/m0/s1. The number of ether oxygens (including phenoxy) is 1. The number of nitrogens with two attached hydrogens (primary N) is 1. The second kappa shape index (κ2) is 5.71. The maximum Gasteiger partial charge on any atom is 0.120 e. The third-order valence-corrected chi connectivity index (χ3v) is 3.07. The lowest BCUT2D eigenvalue weighted by atomic mass is 10.2. The number of aromatic nitrogens is 1. The van der Waals surface area contributed by atoms with E-state index < -0.39 is 0 Å². The number of rotatable bonds is 4. The number of hydrogen-bond acceptors (Lipinski definition) is 4. The largest absolute Gasteiger partial charge is 0.497 e. The minimum Gasteiger partial charge on any atom is -0.497 e. The van der Waals surface area contributed by atoms with Gasteiger partial charge in [0.25, 0.3) is 0 Å². The molecule has 0 amide bonds. The number of hydrogen-bond donors (Lipinski definition) is 1. The van der Waals surface area contributed by atoms with Crippen LogP contribution in [0, 0.1) is 0 Å². The van der Waals surface area contributed by atoms with E-state index in [1.54, 1.807) is 7.11 Å². The van der Waals surface area contributed by atoms with Gasteiger partial charge >= 0.3 is 0 Å². The molecule has 1 heterocycles. The summed E-state index contributed by atoms with van der Waals surface area (Å²) in [6.07, 6.45) is 1.83. The Morgan fingerprint density at radius 1 is 1.21 bits per heavy atom. The minimum absolute atomic E-state index is 0.0452. The highest BCUT2D eigenvalue weighted by Gasteiger charge is 2.07. The predicted octanol–water partition coefficient (Wildman–Crippen LogP) is 2.88. The van der Waals surface area contributed by atoms with Crippen LogP contribution in [0.2, 0.25) is 0 Å². The average Bonchev–Trinajstić information content (AvgIpc) is 2.46. The van der Waals surface area contributed by atoms with E-state index in [-0.39, 0.29) is 6.04 Å². The average molecular weight is 257 g/mol. The highest BCUT2D eigenvalue weighted by molar-refractivity contribution is 5.63. The van der Waals surface area contributed by atoms with Gasteiger partial charge in [0, 0.05) is 24.8 Å². The molecule has 4 nitrogen and oxygen atoms in total. The predicted molar refractivity (Wildman–Crippen MR) is 77.9 cm³/mol. The van der Waals surface area contributed by atoms with Gasteiger partial charge < -0.3 is 15.4 Å². The lowest BCUT2D eigenvalue weighted by molar-refractivity contribution is 0.415. The van der Waals surface area contributed by atoms with Crippen molar-refractivity contribution in [3.05, 3.63) is 48.3 Å². The molecule has 0 unspecified atom stereocenters. The van der Waals surface area contributed by atoms with Gasteiger partial charge in [0.1, 0.15) is 5.75 Å². The Labute approximate surface area is 113 Å². The second-order valence-corrected chi connectivity index (χ2v) is 4.49. The number of anilines is 2. The summed E-state index contributed by atoms with van der Waals surface area (Å²) in [5.41, 5.74) is 8.75. The molecule has 0 bridgehead atoms. The van der Waals surface area contributed by atoms with Crippen LogP contribution in [-0.2, 0) is 0 Å². The molecule has 2 N–H and O–H groups in total. The quantitative estimate of drug-likeness (QED) is 0.915. The fourth-order valence-corrected chi connectivity index (χ4v) is 1.83. The molecule has 19 heavy (non-hydrogen) atoms. The van der Waals surface area contributed by atoms with Crippen LogP contribution < -0.4 is 15.4 Å². The van der Waals surface area contributed by atoms with Crippen molar-refractivity contribution in [1.29, 1.82) is 0 Å². The van der Waals surface area contributed by atoms with Gasteiger partial charge in [-0.3, -0.25) is 4.98 Å². The van der Waals surface area contributed by atoms with Crippen LogP contribution in [0.1, 0.15) is 18.7 Å². The molecule has 0 fully saturated rings. The van der Waals surface area contributed by atoms with Crippen LogP contribution in [0.15, 0.2) is 42.6 Å². The topological polar surface area (TPSA) is 51.4 Å². The van der Waals surface area contributed by atoms with E-state index in [1.165, 1.54) is 0 Å². The molecule has 2 rings (SSSR count). The van der Waals surface area contributed by atoms with Crippen LogP contribution in [0.5, 0.6) is 5.75 Å². The molecule has 1 aromatic carbocycles. The van der Waals surface area contributed by atoms with Gasteiger partial charge in [-0.25, -0.2) is 0 Å². The normalized spacial score (nSPS) is 12.0. The number of methoxy groups -OCH3 is 1. The van der Waals surface area contributed by atoms with Crippen molar-refractivity contribution < 1.29 is 4.74 Å². The summed E-state index contributed by atoms with van der Waals surface area (Å²) < 4.78 is 5.23. The van der Waals surface area contributed by atoms with Crippen molar-refractivity contribution in [3.63, 3.8) is 0 Å². The van der Waals surface area contributed by atoms with Crippen LogP contribution in [0.25, 0.3) is 0 Å². The molecular weight excluding hydrogens is 238 g/mol. The van der Waals surface area contributed by atoms with Crippen molar-refractivity contribution in [2.24, 2.45) is 5.73 Å². The molecule has 4 heteroatoms. The molecule has 1 aromatic heterocycles. The summed E-state index contributed by atoms with van der Waals surface area (Å²) in [4.78, 5) is 6.43. The highest BCUT2D eigenvalue weighted by atomic mass is 16.5. The SMILES string of the molecule is COc1cccc(N(C)c2ccc([C@H](C)N)nc2)c1. The number of nitrogens with zero attached hydrogens (tertiary/aromatic N) is 2. The molecule has 100 valence electrons. The van der Waals surface area contributed by atoms with E-state index in [1.807, 2.05) is 56.6 Å². The van der Waals surface area contributed by atoms with E-state index in [2.05, 4.69) is 9.88 Å². The Morgan fingerprint density at radius 2 is 2.00 bits per heavy atom.